The Morgan fingerprint density at radius 3 is 2.72 bits per heavy atom. The Kier molecular flexibility index (Phi) is 3.27. The molecule has 0 unspecified atom stereocenters. The van der Waals surface area contributed by atoms with Gasteiger partial charge in [-0.25, -0.2) is 0 Å². The molecule has 6 heteroatoms. The number of rotatable bonds is 4. The van der Waals surface area contributed by atoms with E-state index in [0.29, 0.717) is 29.6 Å². The number of ether oxygens (including phenoxy) is 2. The molecular weight excluding hydrogens is 234 g/mol. The summed E-state index contributed by atoms with van der Waals surface area (Å²) in [7, 11) is 1.48. The van der Waals surface area contributed by atoms with Gasteiger partial charge in [0.15, 0.2) is 11.5 Å². The topological polar surface area (TPSA) is 93.4 Å². The SMILES string of the molecule is CCOc1cc(-c2cc(N)n[nH]2)cc(O)c1OC. The molecule has 1 heterocycles. The number of hydrogen-bond acceptors (Lipinski definition) is 5. The van der Waals surface area contributed by atoms with Gasteiger partial charge in [0.05, 0.1) is 19.4 Å². The van der Waals surface area contributed by atoms with Crippen LogP contribution in [-0.2, 0) is 0 Å². The molecule has 6 nitrogen and oxygen atoms in total. The second-order valence-electron chi connectivity index (χ2n) is 3.67. The van der Waals surface area contributed by atoms with Gasteiger partial charge in [-0.15, -0.1) is 0 Å². The first-order valence-electron chi connectivity index (χ1n) is 5.50. The average molecular weight is 249 g/mol. The molecule has 96 valence electrons. The molecule has 1 aromatic carbocycles. The van der Waals surface area contributed by atoms with E-state index in [4.69, 9.17) is 15.2 Å². The number of anilines is 1. The minimum atomic E-state index is 0.00613. The first-order valence-corrected chi connectivity index (χ1v) is 5.50. The molecule has 2 aromatic rings. The summed E-state index contributed by atoms with van der Waals surface area (Å²) < 4.78 is 10.5. The van der Waals surface area contributed by atoms with Crippen LogP contribution < -0.4 is 15.2 Å². The quantitative estimate of drug-likeness (QED) is 0.767. The molecule has 18 heavy (non-hydrogen) atoms. The van der Waals surface area contributed by atoms with Gasteiger partial charge in [0.25, 0.3) is 0 Å². The second kappa shape index (κ2) is 4.87. The van der Waals surface area contributed by atoms with E-state index >= 15 is 0 Å². The standard InChI is InChI=1S/C12H15N3O3/c1-3-18-10-5-7(4-9(16)12(10)17-2)8-6-11(13)15-14-8/h4-6,16H,3H2,1-2H3,(H3,13,14,15). The second-order valence-corrected chi connectivity index (χ2v) is 3.67. The van der Waals surface area contributed by atoms with Crippen LogP contribution in [-0.4, -0.2) is 29.0 Å². The smallest absolute Gasteiger partial charge is 0.203 e. The number of phenolic OH excluding ortho intramolecular Hbond substituents is 1. The molecule has 1 aromatic heterocycles. The van der Waals surface area contributed by atoms with Crippen LogP contribution in [0.1, 0.15) is 6.92 Å². The number of aromatic amines is 1. The van der Waals surface area contributed by atoms with Crippen LogP contribution in [0.4, 0.5) is 5.82 Å². The third kappa shape index (κ3) is 2.17. The summed E-state index contributed by atoms with van der Waals surface area (Å²) >= 11 is 0. The van der Waals surface area contributed by atoms with Gasteiger partial charge in [0.2, 0.25) is 5.75 Å². The molecule has 0 saturated carbocycles. The highest BCUT2D eigenvalue weighted by Gasteiger charge is 2.14. The number of H-pyrrole nitrogens is 1. The van der Waals surface area contributed by atoms with E-state index in [1.54, 1.807) is 18.2 Å². The number of aromatic nitrogens is 2. The maximum absolute atomic E-state index is 9.90. The molecule has 4 N–H and O–H groups in total. The summed E-state index contributed by atoms with van der Waals surface area (Å²) in [5.74, 6) is 1.18. The summed E-state index contributed by atoms with van der Waals surface area (Å²) in [4.78, 5) is 0. The van der Waals surface area contributed by atoms with Crippen molar-refractivity contribution in [2.24, 2.45) is 0 Å². The molecule has 0 spiro atoms. The Hall–Kier alpha value is -2.37. The van der Waals surface area contributed by atoms with Crippen LogP contribution in [0.3, 0.4) is 0 Å². The summed E-state index contributed by atoms with van der Waals surface area (Å²) in [5, 5.41) is 16.5. The summed E-state index contributed by atoms with van der Waals surface area (Å²) in [6.45, 7) is 2.34. The lowest BCUT2D eigenvalue weighted by Crippen LogP contribution is -1.96. The Morgan fingerprint density at radius 1 is 1.39 bits per heavy atom. The van der Waals surface area contributed by atoms with Crippen LogP contribution in [0.2, 0.25) is 0 Å². The highest BCUT2D eigenvalue weighted by Crippen LogP contribution is 2.40. The highest BCUT2D eigenvalue weighted by atomic mass is 16.5. The van der Waals surface area contributed by atoms with E-state index in [1.807, 2.05) is 6.92 Å². The maximum Gasteiger partial charge on any atom is 0.203 e. The molecule has 0 fully saturated rings. The van der Waals surface area contributed by atoms with Gasteiger partial charge >= 0.3 is 0 Å². The number of nitrogens with one attached hydrogen (secondary N) is 1. The van der Waals surface area contributed by atoms with E-state index in [-0.39, 0.29) is 5.75 Å². The van der Waals surface area contributed by atoms with Crippen molar-refractivity contribution in [3.8, 4) is 28.5 Å². The fraction of sp³-hybridized carbons (Fsp3) is 0.250. The van der Waals surface area contributed by atoms with Gasteiger partial charge in [0, 0.05) is 11.6 Å². The Bertz CT molecular complexity index is 551. The number of phenols is 1. The molecular formula is C12H15N3O3. The molecule has 0 aliphatic heterocycles. The van der Waals surface area contributed by atoms with Crippen LogP contribution >= 0.6 is 0 Å². The monoisotopic (exact) mass is 249 g/mol. The first-order chi connectivity index (χ1) is 8.65. The third-order valence-electron chi connectivity index (χ3n) is 2.45. The zero-order valence-corrected chi connectivity index (χ0v) is 10.2. The lowest BCUT2D eigenvalue weighted by molar-refractivity contribution is 0.300. The van der Waals surface area contributed by atoms with Gasteiger partial charge in [0.1, 0.15) is 5.82 Å². The fourth-order valence-corrected chi connectivity index (χ4v) is 1.70. The van der Waals surface area contributed by atoms with E-state index in [2.05, 4.69) is 10.2 Å². The molecule has 2 rings (SSSR count). The van der Waals surface area contributed by atoms with E-state index < -0.39 is 0 Å². The predicted octanol–water partition coefficient (Wildman–Crippen LogP) is 1.77. The first kappa shape index (κ1) is 12.1. The van der Waals surface area contributed by atoms with Crippen molar-refractivity contribution in [3.63, 3.8) is 0 Å². The molecule has 0 radical (unpaired) electrons. The number of aromatic hydroxyl groups is 1. The van der Waals surface area contributed by atoms with E-state index in [9.17, 15) is 5.11 Å². The zero-order valence-electron chi connectivity index (χ0n) is 10.2. The lowest BCUT2D eigenvalue weighted by atomic mass is 10.1. The van der Waals surface area contributed by atoms with Crippen LogP contribution in [0.5, 0.6) is 17.2 Å². The zero-order chi connectivity index (χ0) is 13.1. The number of nitrogen functional groups attached to an aromatic ring is 1. The average Bonchev–Trinajstić information content (AvgIpc) is 2.76. The van der Waals surface area contributed by atoms with Gasteiger partial charge in [-0.1, -0.05) is 0 Å². The fourth-order valence-electron chi connectivity index (χ4n) is 1.70. The summed E-state index contributed by atoms with van der Waals surface area (Å²) in [6.07, 6.45) is 0. The Labute approximate surface area is 104 Å². The largest absolute Gasteiger partial charge is 0.504 e. The van der Waals surface area contributed by atoms with Gasteiger partial charge in [-0.2, -0.15) is 5.10 Å². The van der Waals surface area contributed by atoms with Gasteiger partial charge in [-0.3, -0.25) is 5.10 Å². The highest BCUT2D eigenvalue weighted by molar-refractivity contribution is 5.69. The number of benzene rings is 1. The van der Waals surface area contributed by atoms with Crippen molar-refractivity contribution in [2.45, 2.75) is 6.92 Å². The summed E-state index contributed by atoms with van der Waals surface area (Å²) in [6, 6.07) is 5.00. The Balaban J connectivity index is 2.50. The maximum atomic E-state index is 9.90. The van der Waals surface area contributed by atoms with Crippen LogP contribution in [0.15, 0.2) is 18.2 Å². The van der Waals surface area contributed by atoms with Crippen molar-refractivity contribution in [1.82, 2.24) is 10.2 Å². The van der Waals surface area contributed by atoms with Crippen molar-refractivity contribution < 1.29 is 14.6 Å². The van der Waals surface area contributed by atoms with Crippen molar-refractivity contribution in [1.29, 1.82) is 0 Å². The number of nitrogens with zero attached hydrogens (tertiary/aromatic N) is 1. The number of methoxy groups -OCH3 is 1. The van der Waals surface area contributed by atoms with E-state index in [1.165, 1.54) is 7.11 Å². The summed E-state index contributed by atoms with van der Waals surface area (Å²) in [5.41, 5.74) is 6.97. The molecule has 0 amide bonds. The van der Waals surface area contributed by atoms with Crippen molar-refractivity contribution >= 4 is 5.82 Å². The predicted molar refractivity (Wildman–Crippen MR) is 67.8 cm³/mol. The number of hydrogen-bond donors (Lipinski definition) is 3. The van der Waals surface area contributed by atoms with Crippen molar-refractivity contribution in [3.05, 3.63) is 18.2 Å². The molecule has 0 saturated heterocycles. The van der Waals surface area contributed by atoms with Crippen molar-refractivity contribution in [2.75, 3.05) is 19.5 Å². The normalized spacial score (nSPS) is 10.3. The van der Waals surface area contributed by atoms with Gasteiger partial charge < -0.3 is 20.3 Å². The van der Waals surface area contributed by atoms with Gasteiger partial charge in [-0.05, 0) is 19.1 Å². The minimum Gasteiger partial charge on any atom is -0.504 e. The molecule has 0 aliphatic carbocycles. The number of nitrogens with two attached hydrogens (primary N) is 1. The van der Waals surface area contributed by atoms with E-state index in [0.717, 1.165) is 5.56 Å². The lowest BCUT2D eigenvalue weighted by Gasteiger charge is -2.12. The molecule has 0 aliphatic rings. The molecule has 0 bridgehead atoms. The Morgan fingerprint density at radius 2 is 2.17 bits per heavy atom. The minimum absolute atomic E-state index is 0.00613. The van der Waals surface area contributed by atoms with Crippen LogP contribution in [0.25, 0.3) is 11.3 Å². The van der Waals surface area contributed by atoms with Crippen LogP contribution in [0, 0.1) is 0 Å². The third-order valence-corrected chi connectivity index (χ3v) is 2.45. The molecule has 0 atom stereocenters.